The van der Waals surface area contributed by atoms with Gasteiger partial charge in [0.05, 0.1) is 10.2 Å². The number of amides is 1. The Balaban J connectivity index is 1.93. The number of rotatable bonds is 2. The molecular weight excluding hydrogens is 326 g/mol. The van der Waals surface area contributed by atoms with Gasteiger partial charge >= 0.3 is 0 Å². The minimum Gasteiger partial charge on any atom is -0.317 e. The fourth-order valence-corrected chi connectivity index (χ4v) is 5.47. The predicted molar refractivity (Wildman–Crippen MR) is 97.4 cm³/mol. The van der Waals surface area contributed by atoms with E-state index in [0.717, 1.165) is 34.1 Å². The number of thiazole rings is 1. The van der Waals surface area contributed by atoms with Crippen LogP contribution in [0.1, 0.15) is 30.3 Å². The minimum absolute atomic E-state index is 0.0356. The van der Waals surface area contributed by atoms with Crippen molar-refractivity contribution in [1.29, 1.82) is 0 Å². The molecule has 2 aromatic heterocycles. The van der Waals surface area contributed by atoms with E-state index in [1.54, 1.807) is 29.6 Å². The van der Waals surface area contributed by atoms with Crippen molar-refractivity contribution in [3.05, 3.63) is 34.7 Å². The summed E-state index contributed by atoms with van der Waals surface area (Å²) in [6.07, 6.45) is 0.973. The molecule has 1 aliphatic rings. The maximum Gasteiger partial charge on any atom is 0.221 e. The van der Waals surface area contributed by atoms with Crippen LogP contribution in [0, 0.1) is 0 Å². The number of nitrogens with one attached hydrogen (secondary N) is 2. The van der Waals surface area contributed by atoms with Crippen LogP contribution in [0.2, 0.25) is 0 Å². The number of nitrogens with zero attached hydrogens (tertiary/aromatic N) is 1. The summed E-state index contributed by atoms with van der Waals surface area (Å²) in [6, 6.07) is 8.50. The minimum atomic E-state index is -0.0356. The molecule has 23 heavy (non-hydrogen) atoms. The number of hydrogen-bond acceptors (Lipinski definition) is 5. The van der Waals surface area contributed by atoms with Crippen molar-refractivity contribution in [2.45, 2.75) is 26.3 Å². The number of benzene rings is 1. The molecule has 3 aromatic rings. The zero-order chi connectivity index (χ0) is 16.0. The smallest absolute Gasteiger partial charge is 0.221 e. The van der Waals surface area contributed by atoms with Gasteiger partial charge in [0, 0.05) is 23.4 Å². The largest absolute Gasteiger partial charge is 0.317 e. The number of fused-ring (bicyclic) bond motifs is 2. The molecule has 0 spiro atoms. The lowest BCUT2D eigenvalue weighted by Gasteiger charge is -2.20. The molecule has 0 saturated heterocycles. The Morgan fingerprint density at radius 1 is 1.35 bits per heavy atom. The Morgan fingerprint density at radius 3 is 2.96 bits per heavy atom. The molecule has 1 amide bonds. The van der Waals surface area contributed by atoms with Gasteiger partial charge in [-0.2, -0.15) is 0 Å². The standard InChI is InChI=1S/C17H17N3OS2/c1-9-15-11(7-8-18-9)14(16(23-15)19-10(2)21)17-20-12-5-3-4-6-13(12)22-17/h3-6,9,18H,7-8H2,1-2H3,(H,19,21). The lowest BCUT2D eigenvalue weighted by molar-refractivity contribution is -0.114. The molecule has 1 unspecified atom stereocenters. The van der Waals surface area contributed by atoms with Crippen LogP contribution in [-0.4, -0.2) is 17.4 Å². The van der Waals surface area contributed by atoms with Gasteiger partial charge in [-0.3, -0.25) is 4.79 Å². The van der Waals surface area contributed by atoms with Crippen molar-refractivity contribution >= 4 is 43.8 Å². The lowest BCUT2D eigenvalue weighted by Crippen LogP contribution is -2.26. The van der Waals surface area contributed by atoms with Crippen molar-refractivity contribution in [1.82, 2.24) is 10.3 Å². The summed E-state index contributed by atoms with van der Waals surface area (Å²) in [7, 11) is 0. The molecule has 6 heteroatoms. The quantitative estimate of drug-likeness (QED) is 0.733. The number of para-hydroxylation sites is 1. The third-order valence-electron chi connectivity index (χ3n) is 4.05. The predicted octanol–water partition coefficient (Wildman–Crippen LogP) is 4.19. The van der Waals surface area contributed by atoms with Gasteiger partial charge < -0.3 is 10.6 Å². The Morgan fingerprint density at radius 2 is 2.17 bits per heavy atom. The van der Waals surface area contributed by atoms with Crippen LogP contribution in [0.15, 0.2) is 24.3 Å². The van der Waals surface area contributed by atoms with Gasteiger partial charge in [0.1, 0.15) is 10.0 Å². The first-order valence-electron chi connectivity index (χ1n) is 7.66. The highest BCUT2D eigenvalue weighted by Crippen LogP contribution is 2.46. The second-order valence-electron chi connectivity index (χ2n) is 5.74. The van der Waals surface area contributed by atoms with Gasteiger partial charge in [-0.05, 0) is 37.6 Å². The number of carbonyl (C=O) groups excluding carboxylic acids is 1. The highest BCUT2D eigenvalue weighted by atomic mass is 32.1. The summed E-state index contributed by atoms with van der Waals surface area (Å²) in [5.41, 5.74) is 3.47. The van der Waals surface area contributed by atoms with Crippen molar-refractivity contribution in [2.75, 3.05) is 11.9 Å². The van der Waals surface area contributed by atoms with E-state index in [4.69, 9.17) is 4.98 Å². The van der Waals surface area contributed by atoms with E-state index in [1.807, 2.05) is 18.2 Å². The second kappa shape index (κ2) is 5.70. The molecule has 118 valence electrons. The Labute approximate surface area is 142 Å². The molecule has 1 aliphatic heterocycles. The second-order valence-corrected chi connectivity index (χ2v) is 7.83. The molecule has 4 rings (SSSR count). The molecule has 0 radical (unpaired) electrons. The monoisotopic (exact) mass is 343 g/mol. The summed E-state index contributed by atoms with van der Waals surface area (Å²) in [5, 5.41) is 8.43. The fourth-order valence-electron chi connectivity index (χ4n) is 3.04. The van der Waals surface area contributed by atoms with Crippen LogP contribution < -0.4 is 10.6 Å². The van der Waals surface area contributed by atoms with Gasteiger partial charge in [-0.25, -0.2) is 4.98 Å². The van der Waals surface area contributed by atoms with Crippen LogP contribution >= 0.6 is 22.7 Å². The molecule has 0 saturated carbocycles. The average Bonchev–Trinajstić information content (AvgIpc) is 3.07. The van der Waals surface area contributed by atoms with E-state index < -0.39 is 0 Å². The first kappa shape index (κ1) is 14.8. The van der Waals surface area contributed by atoms with Crippen LogP contribution in [0.4, 0.5) is 5.00 Å². The van der Waals surface area contributed by atoms with Crippen LogP contribution in [0.25, 0.3) is 20.8 Å². The highest BCUT2D eigenvalue weighted by molar-refractivity contribution is 7.23. The van der Waals surface area contributed by atoms with Gasteiger partial charge in [0.25, 0.3) is 0 Å². The number of hydrogen-bond donors (Lipinski definition) is 2. The van der Waals surface area contributed by atoms with E-state index in [1.165, 1.54) is 15.1 Å². The molecular formula is C17H17N3OS2. The molecule has 0 fully saturated rings. The Hall–Kier alpha value is -1.76. The third-order valence-corrected chi connectivity index (χ3v) is 6.44. The normalized spacial score (nSPS) is 17.2. The lowest BCUT2D eigenvalue weighted by atomic mass is 10.0. The summed E-state index contributed by atoms with van der Waals surface area (Å²) in [5.74, 6) is -0.0356. The molecule has 0 aliphatic carbocycles. The van der Waals surface area contributed by atoms with Crippen LogP contribution in [-0.2, 0) is 11.2 Å². The fraction of sp³-hybridized carbons (Fsp3) is 0.294. The molecule has 1 aromatic carbocycles. The zero-order valence-electron chi connectivity index (χ0n) is 13.0. The topological polar surface area (TPSA) is 54.0 Å². The highest BCUT2D eigenvalue weighted by Gasteiger charge is 2.27. The Kier molecular flexibility index (Phi) is 3.67. The number of thiophene rings is 1. The first-order chi connectivity index (χ1) is 11.1. The molecule has 0 bridgehead atoms. The van der Waals surface area contributed by atoms with Crippen molar-refractivity contribution < 1.29 is 4.79 Å². The van der Waals surface area contributed by atoms with Gasteiger partial charge in [-0.1, -0.05) is 12.1 Å². The van der Waals surface area contributed by atoms with Crippen molar-refractivity contribution in [2.24, 2.45) is 0 Å². The van der Waals surface area contributed by atoms with E-state index in [-0.39, 0.29) is 5.91 Å². The molecule has 2 N–H and O–H groups in total. The Bertz CT molecular complexity index is 864. The van der Waals surface area contributed by atoms with Gasteiger partial charge in [-0.15, -0.1) is 22.7 Å². The van der Waals surface area contributed by atoms with Crippen LogP contribution in [0.3, 0.4) is 0 Å². The zero-order valence-corrected chi connectivity index (χ0v) is 14.6. The maximum absolute atomic E-state index is 11.6. The molecule has 1 atom stereocenters. The summed E-state index contributed by atoms with van der Waals surface area (Å²) in [6.45, 7) is 4.69. The molecule has 4 nitrogen and oxygen atoms in total. The van der Waals surface area contributed by atoms with Gasteiger partial charge in [0.2, 0.25) is 5.91 Å². The van der Waals surface area contributed by atoms with E-state index in [9.17, 15) is 4.79 Å². The summed E-state index contributed by atoms with van der Waals surface area (Å²) >= 11 is 3.37. The number of aromatic nitrogens is 1. The van der Waals surface area contributed by atoms with Crippen molar-refractivity contribution in [3.8, 4) is 10.6 Å². The van der Waals surface area contributed by atoms with E-state index in [2.05, 4.69) is 23.6 Å². The van der Waals surface area contributed by atoms with Crippen LogP contribution in [0.5, 0.6) is 0 Å². The maximum atomic E-state index is 11.6. The van der Waals surface area contributed by atoms with Gasteiger partial charge in [0.15, 0.2) is 0 Å². The summed E-state index contributed by atoms with van der Waals surface area (Å²) in [4.78, 5) is 17.8. The first-order valence-corrected chi connectivity index (χ1v) is 9.29. The van der Waals surface area contributed by atoms with E-state index in [0.29, 0.717) is 6.04 Å². The third kappa shape index (κ3) is 2.56. The SMILES string of the molecule is CC(=O)Nc1sc2c(c1-c1nc3ccccc3s1)CCNC2C. The number of anilines is 1. The summed E-state index contributed by atoms with van der Waals surface area (Å²) < 4.78 is 1.18. The molecule has 3 heterocycles. The number of carbonyl (C=O) groups is 1. The average molecular weight is 343 g/mol. The van der Waals surface area contributed by atoms with E-state index >= 15 is 0 Å². The van der Waals surface area contributed by atoms with Crippen molar-refractivity contribution in [3.63, 3.8) is 0 Å².